The van der Waals surface area contributed by atoms with Gasteiger partial charge < -0.3 is 31.0 Å². The molecule has 0 radical (unpaired) electrons. The van der Waals surface area contributed by atoms with Crippen LogP contribution in [-0.2, 0) is 4.79 Å². The summed E-state index contributed by atoms with van der Waals surface area (Å²) < 4.78 is 20.7. The first-order chi connectivity index (χ1) is 20.1. The summed E-state index contributed by atoms with van der Waals surface area (Å²) in [5, 5.41) is 3.18. The van der Waals surface area contributed by atoms with Gasteiger partial charge in [0.1, 0.15) is 10.9 Å². The molecule has 42 heavy (non-hydrogen) atoms. The van der Waals surface area contributed by atoms with Crippen molar-refractivity contribution in [1.82, 2.24) is 9.69 Å². The highest BCUT2D eigenvalue weighted by Gasteiger charge is 2.38. The minimum Gasteiger partial charge on any atom is -0.493 e. The Labute approximate surface area is 249 Å². The molecule has 2 aromatic carbocycles. The van der Waals surface area contributed by atoms with Gasteiger partial charge in [0, 0.05) is 11.7 Å². The number of hydrogen-bond acceptors (Lipinski definition) is 9. The van der Waals surface area contributed by atoms with Crippen molar-refractivity contribution >= 4 is 40.6 Å². The van der Waals surface area contributed by atoms with Crippen molar-refractivity contribution in [2.24, 2.45) is 5.73 Å². The Morgan fingerprint density at radius 3 is 2.14 bits per heavy atom. The Balaban J connectivity index is 1.96. The number of aryl methyl sites for hydroxylation is 2. The molecule has 1 aliphatic carbocycles. The molecule has 5 N–H and O–H groups in total. The number of benzene rings is 2. The van der Waals surface area contributed by atoms with Gasteiger partial charge in [-0.05, 0) is 79.2 Å². The second-order valence-corrected chi connectivity index (χ2v) is 11.1. The number of nitrogen functional groups attached to an aromatic ring is 1. The predicted octanol–water partition coefficient (Wildman–Crippen LogP) is 4.30. The number of carbonyl (C=O) groups is 3. The average molecular weight is 596 g/mol. The maximum absolute atomic E-state index is 14.4. The Kier molecular flexibility index (Phi) is 9.56. The van der Waals surface area contributed by atoms with Crippen molar-refractivity contribution in [2.45, 2.75) is 58.0 Å². The maximum atomic E-state index is 14.4. The third-order valence-corrected chi connectivity index (χ3v) is 8.45. The Morgan fingerprint density at radius 1 is 0.976 bits per heavy atom. The van der Waals surface area contributed by atoms with Crippen molar-refractivity contribution < 1.29 is 28.6 Å². The van der Waals surface area contributed by atoms with E-state index in [-0.39, 0.29) is 28.2 Å². The van der Waals surface area contributed by atoms with Crippen LogP contribution in [0.4, 0.5) is 11.4 Å². The highest BCUT2D eigenvalue weighted by atomic mass is 32.1. The number of nitrogens with zero attached hydrogens (tertiary/aromatic N) is 2. The number of anilines is 2. The van der Waals surface area contributed by atoms with Crippen molar-refractivity contribution in [1.29, 1.82) is 0 Å². The molecule has 11 nitrogen and oxygen atoms in total. The fourth-order valence-corrected chi connectivity index (χ4v) is 5.94. The second-order valence-electron chi connectivity index (χ2n) is 10.3. The number of methoxy groups -OCH3 is 3. The molecule has 3 amide bonds. The molecule has 0 unspecified atom stereocenters. The number of carbonyl (C=O) groups excluding carboxylic acids is 3. The zero-order valence-corrected chi connectivity index (χ0v) is 25.3. The highest BCUT2D eigenvalue weighted by Crippen LogP contribution is 2.42. The fourth-order valence-electron chi connectivity index (χ4n) is 5.20. The Morgan fingerprint density at radius 2 is 1.62 bits per heavy atom. The largest absolute Gasteiger partial charge is 0.493 e. The van der Waals surface area contributed by atoms with Crippen molar-refractivity contribution in [2.75, 3.05) is 32.0 Å². The van der Waals surface area contributed by atoms with Gasteiger partial charge in [-0.2, -0.15) is 4.37 Å². The molecule has 0 bridgehead atoms. The van der Waals surface area contributed by atoms with Gasteiger partial charge in [-0.3, -0.25) is 19.3 Å². The summed E-state index contributed by atoms with van der Waals surface area (Å²) in [7, 11) is 4.45. The van der Waals surface area contributed by atoms with E-state index in [2.05, 4.69) is 9.69 Å². The number of rotatable bonds is 10. The van der Waals surface area contributed by atoms with E-state index in [1.807, 2.05) is 26.0 Å². The molecule has 12 heteroatoms. The molecule has 1 heterocycles. The molecule has 0 spiro atoms. The van der Waals surface area contributed by atoms with Crippen LogP contribution in [0, 0.1) is 13.8 Å². The van der Waals surface area contributed by atoms with Crippen LogP contribution in [0.25, 0.3) is 0 Å². The number of ether oxygens (including phenoxy) is 3. The van der Waals surface area contributed by atoms with Gasteiger partial charge in [0.25, 0.3) is 11.8 Å². The van der Waals surface area contributed by atoms with E-state index in [0.29, 0.717) is 28.5 Å². The van der Waals surface area contributed by atoms with Crippen LogP contribution in [0.5, 0.6) is 17.2 Å². The summed E-state index contributed by atoms with van der Waals surface area (Å²) in [5.41, 5.74) is 14.1. The normalized spacial score (nSPS) is 14.1. The zero-order chi connectivity index (χ0) is 30.6. The Hall–Kier alpha value is -4.32. The molecule has 1 fully saturated rings. The Bertz CT molecular complexity index is 1460. The lowest BCUT2D eigenvalue weighted by Crippen LogP contribution is -2.47. The van der Waals surface area contributed by atoms with E-state index in [9.17, 15) is 14.4 Å². The van der Waals surface area contributed by atoms with E-state index >= 15 is 0 Å². The standard InChI is InChI=1S/C30H37N5O6S/c1-16-11-12-20(13-17(16)2)35(30(38)27-23(31)24(28(32)36)34-42-27)25(29(37)33-19-9-7-6-8-10-19)18-14-21(39-3)26(41-5)22(15-18)40-4/h11-15,19,25H,6-10,31H2,1-5H3,(H2,32,36)(H,33,37)/t25-/m1/s1. The van der Waals surface area contributed by atoms with Gasteiger partial charge in [-0.15, -0.1) is 0 Å². The number of nitrogens with two attached hydrogens (primary N) is 2. The molecule has 3 aromatic rings. The van der Waals surface area contributed by atoms with Crippen molar-refractivity contribution in [3.63, 3.8) is 0 Å². The summed E-state index contributed by atoms with van der Waals surface area (Å²) in [6, 6.07) is 7.55. The lowest BCUT2D eigenvalue weighted by molar-refractivity contribution is -0.123. The van der Waals surface area contributed by atoms with E-state index in [1.54, 1.807) is 18.2 Å². The van der Waals surface area contributed by atoms with Gasteiger partial charge in [0.05, 0.1) is 27.0 Å². The summed E-state index contributed by atoms with van der Waals surface area (Å²) in [5.74, 6) is -0.862. The van der Waals surface area contributed by atoms with Gasteiger partial charge >= 0.3 is 0 Å². The molecule has 0 saturated heterocycles. The van der Waals surface area contributed by atoms with E-state index in [0.717, 1.165) is 54.8 Å². The molecule has 1 aromatic heterocycles. The van der Waals surface area contributed by atoms with Crippen LogP contribution in [0.1, 0.15) is 75.0 Å². The van der Waals surface area contributed by atoms with Gasteiger partial charge in [0.2, 0.25) is 11.7 Å². The molecule has 224 valence electrons. The van der Waals surface area contributed by atoms with E-state index < -0.39 is 17.9 Å². The van der Waals surface area contributed by atoms with Crippen LogP contribution in [0.2, 0.25) is 0 Å². The van der Waals surface area contributed by atoms with Crippen LogP contribution >= 0.6 is 11.5 Å². The van der Waals surface area contributed by atoms with Crippen LogP contribution in [-0.4, -0.2) is 49.5 Å². The van der Waals surface area contributed by atoms with Gasteiger partial charge in [-0.25, -0.2) is 0 Å². The molecule has 1 saturated carbocycles. The minimum absolute atomic E-state index is 0.00932. The minimum atomic E-state index is -1.19. The molecule has 4 rings (SSSR count). The van der Waals surface area contributed by atoms with Crippen LogP contribution in [0.15, 0.2) is 30.3 Å². The number of nitrogens with one attached hydrogen (secondary N) is 1. The summed E-state index contributed by atoms with van der Waals surface area (Å²) in [4.78, 5) is 42.1. The SMILES string of the molecule is COc1cc([C@H](C(=O)NC2CCCCC2)N(C(=O)c2snc(C(N)=O)c2N)c2ccc(C)c(C)c2)cc(OC)c1OC. The lowest BCUT2D eigenvalue weighted by Gasteiger charge is -2.34. The molecule has 1 atom stereocenters. The summed E-state index contributed by atoms with van der Waals surface area (Å²) in [6.07, 6.45) is 4.81. The third-order valence-electron chi connectivity index (χ3n) is 7.60. The lowest BCUT2D eigenvalue weighted by atomic mass is 9.94. The number of primary amides is 1. The van der Waals surface area contributed by atoms with E-state index in [1.165, 1.54) is 26.2 Å². The molecular weight excluding hydrogens is 558 g/mol. The highest BCUT2D eigenvalue weighted by molar-refractivity contribution is 7.09. The van der Waals surface area contributed by atoms with E-state index in [4.69, 9.17) is 25.7 Å². The van der Waals surface area contributed by atoms with Gasteiger partial charge in [0.15, 0.2) is 17.2 Å². The summed E-state index contributed by atoms with van der Waals surface area (Å²) in [6.45, 7) is 3.88. The topological polar surface area (TPSA) is 159 Å². The number of hydrogen-bond donors (Lipinski definition) is 3. The zero-order valence-electron chi connectivity index (χ0n) is 24.5. The predicted molar refractivity (Wildman–Crippen MR) is 162 cm³/mol. The quantitative estimate of drug-likeness (QED) is 0.313. The first kappa shape index (κ1) is 30.6. The van der Waals surface area contributed by atoms with Gasteiger partial charge in [-0.1, -0.05) is 25.3 Å². The molecular formula is C30H37N5O6S. The van der Waals surface area contributed by atoms with Crippen LogP contribution < -0.4 is 35.9 Å². The van der Waals surface area contributed by atoms with Crippen LogP contribution in [0.3, 0.4) is 0 Å². The molecule has 1 aliphatic rings. The van der Waals surface area contributed by atoms with Crippen molar-refractivity contribution in [3.05, 3.63) is 57.6 Å². The smallest absolute Gasteiger partial charge is 0.273 e. The monoisotopic (exact) mass is 595 g/mol. The maximum Gasteiger partial charge on any atom is 0.273 e. The third kappa shape index (κ3) is 6.13. The summed E-state index contributed by atoms with van der Waals surface area (Å²) >= 11 is 0.756. The number of aromatic nitrogens is 1. The molecule has 0 aliphatic heterocycles. The first-order valence-corrected chi connectivity index (χ1v) is 14.4. The van der Waals surface area contributed by atoms with Crippen molar-refractivity contribution in [3.8, 4) is 17.2 Å². The second kappa shape index (κ2) is 13.1. The first-order valence-electron chi connectivity index (χ1n) is 13.7. The fraction of sp³-hybridized carbons (Fsp3) is 0.400. The average Bonchev–Trinajstić information content (AvgIpc) is 3.38. The number of amides is 3.